The van der Waals surface area contributed by atoms with E-state index in [2.05, 4.69) is 20.9 Å². The van der Waals surface area contributed by atoms with Crippen molar-refractivity contribution < 1.29 is 27.4 Å². The first kappa shape index (κ1) is 27.5. The van der Waals surface area contributed by atoms with Gasteiger partial charge in [-0.1, -0.05) is 24.3 Å². The molecule has 9 heteroatoms. The van der Waals surface area contributed by atoms with Gasteiger partial charge in [-0.25, -0.2) is 9.78 Å². The Kier molecular flexibility index (Phi) is 9.00. The Hall–Kier alpha value is -3.07. The van der Waals surface area contributed by atoms with Crippen LogP contribution in [0.15, 0.2) is 71.3 Å². The number of nitrogens with zero attached hydrogens (tertiary/aromatic N) is 2. The molecule has 0 saturated heterocycles. The SMILES string of the molecule is CCOC(=O)C(C)(C)Oc1ccc(CCN(Cc2ccc(C(F)(F)F)cc2)c2ccc(Br)cn2)cc1. The van der Waals surface area contributed by atoms with Gasteiger partial charge in [0.2, 0.25) is 0 Å². The molecular weight excluding hydrogens is 537 g/mol. The van der Waals surface area contributed by atoms with Crippen molar-refractivity contribution in [1.82, 2.24) is 4.98 Å². The molecule has 0 aliphatic rings. The van der Waals surface area contributed by atoms with Crippen molar-refractivity contribution in [2.24, 2.45) is 0 Å². The van der Waals surface area contributed by atoms with Crippen molar-refractivity contribution in [3.8, 4) is 5.75 Å². The summed E-state index contributed by atoms with van der Waals surface area (Å²) in [4.78, 5) is 18.6. The molecular formula is C27H28BrF3N2O3. The van der Waals surface area contributed by atoms with Crippen LogP contribution in [-0.4, -0.2) is 29.7 Å². The summed E-state index contributed by atoms with van der Waals surface area (Å²) in [7, 11) is 0. The van der Waals surface area contributed by atoms with E-state index in [0.717, 1.165) is 27.7 Å². The van der Waals surface area contributed by atoms with Crippen molar-refractivity contribution >= 4 is 27.7 Å². The minimum absolute atomic E-state index is 0.279. The zero-order chi connectivity index (χ0) is 26.3. The van der Waals surface area contributed by atoms with Crippen LogP contribution in [0, 0.1) is 0 Å². The molecule has 0 atom stereocenters. The zero-order valence-corrected chi connectivity index (χ0v) is 21.9. The summed E-state index contributed by atoms with van der Waals surface area (Å²) in [6.07, 6.45) is -2.01. The number of halogens is 4. The highest BCUT2D eigenvalue weighted by Crippen LogP contribution is 2.29. The number of carbonyl (C=O) groups is 1. The van der Waals surface area contributed by atoms with Gasteiger partial charge in [0.05, 0.1) is 12.2 Å². The maximum Gasteiger partial charge on any atom is 0.416 e. The van der Waals surface area contributed by atoms with Crippen LogP contribution < -0.4 is 9.64 Å². The van der Waals surface area contributed by atoms with Crippen LogP contribution in [0.4, 0.5) is 19.0 Å². The predicted molar refractivity (Wildman–Crippen MR) is 136 cm³/mol. The van der Waals surface area contributed by atoms with Gasteiger partial charge in [0.15, 0.2) is 5.60 Å². The number of aromatic nitrogens is 1. The Bertz CT molecular complexity index is 1130. The van der Waals surface area contributed by atoms with Gasteiger partial charge in [-0.3, -0.25) is 0 Å². The quantitative estimate of drug-likeness (QED) is 0.252. The van der Waals surface area contributed by atoms with Crippen LogP contribution in [-0.2, 0) is 28.7 Å². The molecule has 36 heavy (non-hydrogen) atoms. The highest BCUT2D eigenvalue weighted by Gasteiger charge is 2.31. The zero-order valence-electron chi connectivity index (χ0n) is 20.3. The number of carbonyl (C=O) groups excluding carboxylic acids is 1. The Morgan fingerprint density at radius 1 is 0.972 bits per heavy atom. The molecule has 0 unspecified atom stereocenters. The van der Waals surface area contributed by atoms with Crippen molar-refractivity contribution in [3.63, 3.8) is 0 Å². The van der Waals surface area contributed by atoms with E-state index in [1.165, 1.54) is 12.1 Å². The summed E-state index contributed by atoms with van der Waals surface area (Å²) in [6.45, 7) is 6.33. The molecule has 5 nitrogen and oxygen atoms in total. The summed E-state index contributed by atoms with van der Waals surface area (Å²) in [5, 5.41) is 0. The normalized spacial score (nSPS) is 11.8. The molecule has 0 aliphatic heterocycles. The van der Waals surface area contributed by atoms with Gasteiger partial charge in [0.25, 0.3) is 0 Å². The van der Waals surface area contributed by atoms with Gasteiger partial charge in [0.1, 0.15) is 11.6 Å². The molecule has 2 aromatic carbocycles. The topological polar surface area (TPSA) is 51.7 Å². The first-order valence-electron chi connectivity index (χ1n) is 11.5. The van der Waals surface area contributed by atoms with Gasteiger partial charge in [-0.15, -0.1) is 0 Å². The second kappa shape index (κ2) is 11.8. The van der Waals surface area contributed by atoms with E-state index in [4.69, 9.17) is 9.47 Å². The average molecular weight is 565 g/mol. The van der Waals surface area contributed by atoms with Crippen molar-refractivity contribution in [1.29, 1.82) is 0 Å². The molecule has 192 valence electrons. The molecule has 1 aromatic heterocycles. The highest BCUT2D eigenvalue weighted by molar-refractivity contribution is 9.10. The van der Waals surface area contributed by atoms with E-state index < -0.39 is 23.3 Å². The minimum atomic E-state index is -4.37. The molecule has 0 amide bonds. The van der Waals surface area contributed by atoms with Gasteiger partial charge < -0.3 is 14.4 Å². The number of esters is 1. The number of pyridine rings is 1. The van der Waals surface area contributed by atoms with Crippen LogP contribution in [0.1, 0.15) is 37.5 Å². The molecule has 0 radical (unpaired) electrons. The summed E-state index contributed by atoms with van der Waals surface area (Å²) >= 11 is 3.38. The number of alkyl halides is 3. The standard InChI is InChI=1S/C27H28BrF3N2O3/c1-4-35-25(34)26(2,3)36-23-12-7-19(8-13-23)15-16-33(24-14-11-22(28)17-32-24)18-20-5-9-21(10-6-20)27(29,30)31/h5-14,17H,4,15-16,18H2,1-3H3. The summed E-state index contributed by atoms with van der Waals surface area (Å²) in [6, 6.07) is 16.4. The largest absolute Gasteiger partial charge is 0.476 e. The van der Waals surface area contributed by atoms with Crippen molar-refractivity contribution in [2.75, 3.05) is 18.1 Å². The van der Waals surface area contributed by atoms with Gasteiger partial charge in [0, 0.05) is 23.8 Å². The molecule has 0 aliphatic carbocycles. The molecule has 3 aromatic rings. The minimum Gasteiger partial charge on any atom is -0.476 e. The second-order valence-electron chi connectivity index (χ2n) is 8.68. The fourth-order valence-corrected chi connectivity index (χ4v) is 3.71. The number of hydrogen-bond acceptors (Lipinski definition) is 5. The fraction of sp³-hybridized carbons (Fsp3) is 0.333. The van der Waals surface area contributed by atoms with Crippen LogP contribution in [0.25, 0.3) is 0 Å². The van der Waals surface area contributed by atoms with E-state index in [9.17, 15) is 18.0 Å². The number of hydrogen-bond donors (Lipinski definition) is 0. The molecule has 0 fully saturated rings. The van der Waals surface area contributed by atoms with Crippen LogP contribution in [0.3, 0.4) is 0 Å². The lowest BCUT2D eigenvalue weighted by Crippen LogP contribution is -2.39. The van der Waals surface area contributed by atoms with Gasteiger partial charge in [-0.05, 0) is 90.6 Å². The van der Waals surface area contributed by atoms with Crippen LogP contribution >= 0.6 is 15.9 Å². The summed E-state index contributed by atoms with van der Waals surface area (Å²) in [5.74, 6) is 0.831. The predicted octanol–water partition coefficient (Wildman–Crippen LogP) is 6.83. The first-order valence-corrected chi connectivity index (χ1v) is 12.2. The Labute approximate surface area is 217 Å². The van der Waals surface area contributed by atoms with Gasteiger partial charge >= 0.3 is 12.1 Å². The number of rotatable bonds is 10. The summed E-state index contributed by atoms with van der Waals surface area (Å²) in [5.41, 5.74) is -0.0000293. The lowest BCUT2D eigenvalue weighted by Gasteiger charge is -2.25. The molecule has 3 rings (SSSR count). The number of ether oxygens (including phenoxy) is 2. The van der Waals surface area contributed by atoms with Gasteiger partial charge in [-0.2, -0.15) is 13.2 Å². The highest BCUT2D eigenvalue weighted by atomic mass is 79.9. The Morgan fingerprint density at radius 3 is 2.17 bits per heavy atom. The molecule has 0 N–H and O–H groups in total. The maximum atomic E-state index is 12.9. The van der Waals surface area contributed by atoms with E-state index in [1.807, 2.05) is 29.2 Å². The van der Waals surface area contributed by atoms with Crippen molar-refractivity contribution in [2.45, 2.75) is 45.5 Å². The van der Waals surface area contributed by atoms with E-state index in [1.54, 1.807) is 39.1 Å². The molecule has 1 heterocycles. The molecule has 0 saturated carbocycles. The van der Waals surface area contributed by atoms with Crippen molar-refractivity contribution in [3.05, 3.63) is 88.0 Å². The monoisotopic (exact) mass is 564 g/mol. The van der Waals surface area contributed by atoms with Crippen LogP contribution in [0.2, 0.25) is 0 Å². The molecule has 0 bridgehead atoms. The third-order valence-corrected chi connectivity index (χ3v) is 5.89. The van der Waals surface area contributed by atoms with E-state index >= 15 is 0 Å². The smallest absolute Gasteiger partial charge is 0.416 e. The third kappa shape index (κ3) is 7.71. The first-order chi connectivity index (χ1) is 17.0. The fourth-order valence-electron chi connectivity index (χ4n) is 3.48. The van der Waals surface area contributed by atoms with Crippen LogP contribution in [0.5, 0.6) is 5.75 Å². The summed E-state index contributed by atoms with van der Waals surface area (Å²) < 4.78 is 50.5. The third-order valence-electron chi connectivity index (χ3n) is 5.42. The van der Waals surface area contributed by atoms with E-state index in [0.29, 0.717) is 31.1 Å². The number of anilines is 1. The average Bonchev–Trinajstić information content (AvgIpc) is 2.83. The Morgan fingerprint density at radius 2 is 1.61 bits per heavy atom. The maximum absolute atomic E-state index is 12.9. The lowest BCUT2D eigenvalue weighted by molar-refractivity contribution is -0.158. The second-order valence-corrected chi connectivity index (χ2v) is 9.59. The lowest BCUT2D eigenvalue weighted by atomic mass is 10.1. The molecule has 0 spiro atoms. The Balaban J connectivity index is 1.70. The number of benzene rings is 2. The van der Waals surface area contributed by atoms with E-state index in [-0.39, 0.29) is 6.61 Å².